The molecule has 0 spiro atoms. The monoisotopic (exact) mass is 145 g/mol. The van der Waals surface area contributed by atoms with Crippen LogP contribution >= 0.6 is 11.8 Å². The Bertz CT molecular complexity index is 79.0. The van der Waals surface area contributed by atoms with Crippen molar-refractivity contribution in [3.05, 3.63) is 0 Å². The van der Waals surface area contributed by atoms with Crippen molar-refractivity contribution in [3.63, 3.8) is 0 Å². The number of nitrogens with zero attached hydrogens (tertiary/aromatic N) is 1. The molecule has 0 aromatic heterocycles. The quantitative estimate of drug-likeness (QED) is 0.583. The van der Waals surface area contributed by atoms with Gasteiger partial charge in [0.25, 0.3) is 0 Å². The zero-order valence-electron chi connectivity index (χ0n) is 6.26. The zero-order valence-corrected chi connectivity index (χ0v) is 7.08. The highest BCUT2D eigenvalue weighted by Gasteiger charge is 2.15. The van der Waals surface area contributed by atoms with Crippen LogP contribution in [0.25, 0.3) is 0 Å². The Kier molecular flexibility index (Phi) is 2.86. The van der Waals surface area contributed by atoms with Gasteiger partial charge in [-0.25, -0.2) is 0 Å². The van der Waals surface area contributed by atoms with Gasteiger partial charge in [-0.2, -0.15) is 0 Å². The Morgan fingerprint density at radius 3 is 2.33 bits per heavy atom. The standard InChI is InChI=1S/C7H15NS/c1-7(9-2)8-5-3-4-6-8/h7H,3-6H2,1-2H3. The SMILES string of the molecule is CSC(C)N1CCCC1. The lowest BCUT2D eigenvalue weighted by Gasteiger charge is -2.20. The molecule has 0 saturated carbocycles. The lowest BCUT2D eigenvalue weighted by Crippen LogP contribution is -2.26. The maximum absolute atomic E-state index is 2.55. The third kappa shape index (κ3) is 1.87. The van der Waals surface area contributed by atoms with E-state index in [1.165, 1.54) is 25.9 Å². The van der Waals surface area contributed by atoms with E-state index in [0.29, 0.717) is 0 Å². The molecule has 1 atom stereocenters. The molecular weight excluding hydrogens is 130 g/mol. The van der Waals surface area contributed by atoms with E-state index in [0.717, 1.165) is 5.37 Å². The van der Waals surface area contributed by atoms with E-state index in [4.69, 9.17) is 0 Å². The second kappa shape index (κ2) is 3.47. The van der Waals surface area contributed by atoms with Crippen molar-refractivity contribution in [3.8, 4) is 0 Å². The molecule has 0 N–H and O–H groups in total. The van der Waals surface area contributed by atoms with Gasteiger partial charge in [-0.15, -0.1) is 11.8 Å². The topological polar surface area (TPSA) is 3.24 Å². The molecule has 1 heterocycles. The van der Waals surface area contributed by atoms with Crippen molar-refractivity contribution in [2.75, 3.05) is 19.3 Å². The highest BCUT2D eigenvalue weighted by Crippen LogP contribution is 2.17. The maximum Gasteiger partial charge on any atom is 0.0525 e. The Hall–Kier alpha value is 0.310. The summed E-state index contributed by atoms with van der Waals surface area (Å²) in [6.45, 7) is 4.93. The summed E-state index contributed by atoms with van der Waals surface area (Å²) >= 11 is 1.95. The molecule has 1 unspecified atom stereocenters. The maximum atomic E-state index is 2.55. The molecule has 1 rings (SSSR count). The molecule has 1 fully saturated rings. The summed E-state index contributed by atoms with van der Waals surface area (Å²) in [6.07, 6.45) is 5.00. The van der Waals surface area contributed by atoms with E-state index < -0.39 is 0 Å². The third-order valence-electron chi connectivity index (χ3n) is 2.00. The molecule has 2 heteroatoms. The van der Waals surface area contributed by atoms with Crippen LogP contribution in [0, 0.1) is 0 Å². The molecule has 1 nitrogen and oxygen atoms in total. The predicted octanol–water partition coefficient (Wildman–Crippen LogP) is 1.79. The van der Waals surface area contributed by atoms with Gasteiger partial charge in [-0.3, -0.25) is 4.90 Å². The third-order valence-corrected chi connectivity index (χ3v) is 2.98. The van der Waals surface area contributed by atoms with Crippen LogP contribution in [-0.4, -0.2) is 29.6 Å². The van der Waals surface area contributed by atoms with E-state index in [-0.39, 0.29) is 0 Å². The van der Waals surface area contributed by atoms with Gasteiger partial charge in [0, 0.05) is 0 Å². The molecule has 0 aliphatic carbocycles. The van der Waals surface area contributed by atoms with Crippen LogP contribution in [0.2, 0.25) is 0 Å². The van der Waals surface area contributed by atoms with Gasteiger partial charge >= 0.3 is 0 Å². The second-order valence-corrected chi connectivity index (χ2v) is 3.73. The smallest absolute Gasteiger partial charge is 0.0525 e. The molecule has 1 aliphatic rings. The van der Waals surface area contributed by atoms with Crippen molar-refractivity contribution in [1.29, 1.82) is 0 Å². The van der Waals surface area contributed by atoms with E-state index in [1.807, 2.05) is 11.8 Å². The van der Waals surface area contributed by atoms with Crippen LogP contribution in [-0.2, 0) is 0 Å². The van der Waals surface area contributed by atoms with Gasteiger partial charge in [-0.05, 0) is 39.1 Å². The van der Waals surface area contributed by atoms with Gasteiger partial charge in [0.15, 0.2) is 0 Å². The van der Waals surface area contributed by atoms with Crippen LogP contribution in [0.1, 0.15) is 19.8 Å². The summed E-state index contributed by atoms with van der Waals surface area (Å²) in [6, 6.07) is 0. The number of thioether (sulfide) groups is 1. The Morgan fingerprint density at radius 2 is 1.89 bits per heavy atom. The first-order valence-corrected chi connectivity index (χ1v) is 4.90. The van der Waals surface area contributed by atoms with E-state index in [1.54, 1.807) is 0 Å². The number of hydrogen-bond donors (Lipinski definition) is 0. The molecule has 0 amide bonds. The van der Waals surface area contributed by atoms with Crippen molar-refractivity contribution >= 4 is 11.8 Å². The average molecular weight is 145 g/mol. The van der Waals surface area contributed by atoms with E-state index in [9.17, 15) is 0 Å². The molecule has 54 valence electrons. The van der Waals surface area contributed by atoms with Gasteiger partial charge in [0.1, 0.15) is 0 Å². The summed E-state index contributed by atoms with van der Waals surface area (Å²) in [5.74, 6) is 0. The van der Waals surface area contributed by atoms with Crippen LogP contribution < -0.4 is 0 Å². The van der Waals surface area contributed by atoms with Gasteiger partial charge in [0.2, 0.25) is 0 Å². The van der Waals surface area contributed by atoms with Crippen molar-refractivity contribution < 1.29 is 0 Å². The molecule has 1 saturated heterocycles. The van der Waals surface area contributed by atoms with Crippen LogP contribution in [0.15, 0.2) is 0 Å². The normalized spacial score (nSPS) is 24.7. The summed E-state index contributed by atoms with van der Waals surface area (Å²) < 4.78 is 0. The first-order chi connectivity index (χ1) is 4.34. The Morgan fingerprint density at radius 1 is 1.33 bits per heavy atom. The lowest BCUT2D eigenvalue weighted by atomic mass is 10.4. The van der Waals surface area contributed by atoms with Crippen molar-refractivity contribution in [2.45, 2.75) is 25.1 Å². The van der Waals surface area contributed by atoms with Crippen LogP contribution in [0.4, 0.5) is 0 Å². The summed E-state index contributed by atoms with van der Waals surface area (Å²) in [5.41, 5.74) is 0. The molecule has 0 bridgehead atoms. The second-order valence-electron chi connectivity index (χ2n) is 2.58. The molecular formula is C7H15NS. The summed E-state index contributed by atoms with van der Waals surface area (Å²) in [4.78, 5) is 2.55. The van der Waals surface area contributed by atoms with Gasteiger partial charge < -0.3 is 0 Å². The van der Waals surface area contributed by atoms with Crippen LogP contribution in [0.3, 0.4) is 0 Å². The molecule has 9 heavy (non-hydrogen) atoms. The summed E-state index contributed by atoms with van der Waals surface area (Å²) in [7, 11) is 0. The van der Waals surface area contributed by atoms with E-state index in [2.05, 4.69) is 18.1 Å². The fourth-order valence-electron chi connectivity index (χ4n) is 1.25. The number of hydrogen-bond acceptors (Lipinski definition) is 2. The largest absolute Gasteiger partial charge is 0.292 e. The first kappa shape index (κ1) is 7.42. The Balaban J connectivity index is 2.24. The molecule has 1 aliphatic heterocycles. The highest BCUT2D eigenvalue weighted by atomic mass is 32.2. The first-order valence-electron chi connectivity index (χ1n) is 3.61. The number of likely N-dealkylation sites (tertiary alicyclic amines) is 1. The number of rotatable bonds is 2. The molecule has 0 aromatic rings. The fourth-order valence-corrected chi connectivity index (χ4v) is 1.76. The van der Waals surface area contributed by atoms with Crippen molar-refractivity contribution in [1.82, 2.24) is 4.90 Å². The minimum Gasteiger partial charge on any atom is -0.292 e. The minimum atomic E-state index is 0.743. The highest BCUT2D eigenvalue weighted by molar-refractivity contribution is 7.99. The zero-order chi connectivity index (χ0) is 6.69. The van der Waals surface area contributed by atoms with Gasteiger partial charge in [-0.1, -0.05) is 0 Å². The summed E-state index contributed by atoms with van der Waals surface area (Å²) in [5, 5.41) is 0.743. The predicted molar refractivity (Wildman–Crippen MR) is 43.8 cm³/mol. The van der Waals surface area contributed by atoms with Gasteiger partial charge in [0.05, 0.1) is 5.37 Å². The fraction of sp³-hybridized carbons (Fsp3) is 1.00. The molecule has 0 aromatic carbocycles. The van der Waals surface area contributed by atoms with E-state index >= 15 is 0 Å². The minimum absolute atomic E-state index is 0.743. The van der Waals surface area contributed by atoms with Crippen molar-refractivity contribution in [2.24, 2.45) is 0 Å². The average Bonchev–Trinajstić information content (AvgIpc) is 2.37. The Labute approximate surface area is 61.8 Å². The lowest BCUT2D eigenvalue weighted by molar-refractivity contribution is 0.333. The molecule has 0 radical (unpaired) electrons. The van der Waals surface area contributed by atoms with Crippen LogP contribution in [0.5, 0.6) is 0 Å².